The van der Waals surface area contributed by atoms with Crippen LogP contribution in [-0.2, 0) is 0 Å². The van der Waals surface area contributed by atoms with Gasteiger partial charge in [-0.2, -0.15) is 5.26 Å². The van der Waals surface area contributed by atoms with Gasteiger partial charge in [0.05, 0.1) is 29.1 Å². The summed E-state index contributed by atoms with van der Waals surface area (Å²) in [6.45, 7) is 1.66. The average molecular weight is 393 g/mol. The average Bonchev–Trinajstić information content (AvgIpc) is 3.24. The molecule has 0 atom stereocenters. The van der Waals surface area contributed by atoms with Gasteiger partial charge in [0, 0.05) is 30.0 Å². The maximum Gasteiger partial charge on any atom is 0.128 e. The summed E-state index contributed by atoms with van der Waals surface area (Å²) in [5.74, 6) is 0.854. The number of nitrogens with zero attached hydrogens (tertiary/aromatic N) is 3. The Morgan fingerprint density at radius 1 is 1.21 bits per heavy atom. The first kappa shape index (κ1) is 18.5. The van der Waals surface area contributed by atoms with E-state index < -0.39 is 0 Å². The summed E-state index contributed by atoms with van der Waals surface area (Å²) in [5, 5.41) is 12.5. The normalized spacial score (nSPS) is 14.7. The van der Waals surface area contributed by atoms with E-state index in [1.807, 2.05) is 24.3 Å². The summed E-state index contributed by atoms with van der Waals surface area (Å²) in [6, 6.07) is 14.5. The zero-order valence-corrected chi connectivity index (χ0v) is 16.4. The molecule has 1 aliphatic heterocycles. The number of benzene rings is 2. The smallest absolute Gasteiger partial charge is 0.128 e. The minimum atomic E-state index is -0.373. The maximum absolute atomic E-state index is 13.4. The Hall–Kier alpha value is -2.91. The van der Waals surface area contributed by atoms with Crippen molar-refractivity contribution in [2.24, 2.45) is 0 Å². The van der Waals surface area contributed by atoms with Crippen molar-refractivity contribution >= 4 is 17.0 Å². The number of rotatable bonds is 4. The van der Waals surface area contributed by atoms with Gasteiger partial charge in [-0.25, -0.2) is 9.37 Å². The number of para-hydroxylation sites is 1. The van der Waals surface area contributed by atoms with Gasteiger partial charge in [-0.05, 0) is 43.2 Å². The molecule has 3 aromatic rings. The first-order valence-electron chi connectivity index (χ1n) is 9.23. The molecule has 2 aromatic carbocycles. The molecular formula is C22H20FN3OS. The topological polar surface area (TPSA) is 49.1 Å². The van der Waals surface area contributed by atoms with Crippen LogP contribution in [0.25, 0.3) is 11.3 Å². The molecule has 0 radical (unpaired) electrons. The van der Waals surface area contributed by atoms with Crippen molar-refractivity contribution in [2.45, 2.75) is 18.8 Å². The van der Waals surface area contributed by atoms with Crippen molar-refractivity contribution in [1.29, 1.82) is 5.26 Å². The minimum Gasteiger partial charge on any atom is -0.496 e. The number of methoxy groups -OCH3 is 1. The number of aromatic nitrogens is 1. The highest BCUT2D eigenvalue weighted by atomic mass is 32.1. The lowest BCUT2D eigenvalue weighted by Gasteiger charge is -2.33. The molecule has 0 bridgehead atoms. The molecule has 2 heterocycles. The summed E-state index contributed by atoms with van der Waals surface area (Å²) >= 11 is 1.69. The third-order valence-electron chi connectivity index (χ3n) is 5.17. The molecule has 0 amide bonds. The summed E-state index contributed by atoms with van der Waals surface area (Å²) in [5.41, 5.74) is 3.17. The standard InChI is InChI=1S/C22H20FN3OS/c1-27-21-5-3-2-4-18(21)19-14-28-22(25-19)15-8-10-26(11-9-15)20-7-6-17(23)12-16(20)13-24/h2-7,12,14-15H,8-11H2,1H3. The van der Waals surface area contributed by atoms with Crippen LogP contribution in [0.5, 0.6) is 5.75 Å². The Kier molecular flexibility index (Phi) is 5.27. The summed E-state index contributed by atoms with van der Waals surface area (Å²) in [4.78, 5) is 7.04. The van der Waals surface area contributed by atoms with E-state index in [1.165, 1.54) is 12.1 Å². The number of hydrogen-bond acceptors (Lipinski definition) is 5. The van der Waals surface area contributed by atoms with Crippen LogP contribution in [0.4, 0.5) is 10.1 Å². The molecule has 0 saturated carbocycles. The third-order valence-corrected chi connectivity index (χ3v) is 6.18. The van der Waals surface area contributed by atoms with E-state index in [2.05, 4.69) is 16.3 Å². The molecule has 1 fully saturated rings. The number of anilines is 1. The van der Waals surface area contributed by atoms with Crippen molar-refractivity contribution in [3.63, 3.8) is 0 Å². The summed E-state index contributed by atoms with van der Waals surface area (Å²) in [7, 11) is 1.67. The van der Waals surface area contributed by atoms with Gasteiger partial charge in [0.2, 0.25) is 0 Å². The molecule has 142 valence electrons. The third kappa shape index (κ3) is 3.58. The number of hydrogen-bond donors (Lipinski definition) is 0. The molecule has 0 aliphatic carbocycles. The van der Waals surface area contributed by atoms with Crippen molar-refractivity contribution < 1.29 is 9.13 Å². The molecule has 1 aliphatic rings. The molecule has 4 nitrogen and oxygen atoms in total. The van der Waals surface area contributed by atoms with E-state index in [-0.39, 0.29) is 5.82 Å². The fraction of sp³-hybridized carbons (Fsp3) is 0.273. The molecule has 1 saturated heterocycles. The fourth-order valence-electron chi connectivity index (χ4n) is 3.70. The van der Waals surface area contributed by atoms with Crippen LogP contribution in [0.1, 0.15) is 29.3 Å². The Morgan fingerprint density at radius 3 is 2.75 bits per heavy atom. The van der Waals surface area contributed by atoms with Crippen molar-refractivity contribution in [1.82, 2.24) is 4.98 Å². The van der Waals surface area contributed by atoms with Gasteiger partial charge in [0.15, 0.2) is 0 Å². The number of thiazole rings is 1. The van der Waals surface area contributed by atoms with E-state index >= 15 is 0 Å². The maximum atomic E-state index is 13.4. The monoisotopic (exact) mass is 393 g/mol. The predicted molar refractivity (Wildman–Crippen MR) is 109 cm³/mol. The van der Waals surface area contributed by atoms with Crippen LogP contribution in [0.3, 0.4) is 0 Å². The lowest BCUT2D eigenvalue weighted by molar-refractivity contribution is 0.416. The molecular weight excluding hydrogens is 373 g/mol. The highest BCUT2D eigenvalue weighted by Crippen LogP contribution is 2.37. The Balaban J connectivity index is 1.48. The van der Waals surface area contributed by atoms with Gasteiger partial charge in [-0.3, -0.25) is 0 Å². The second kappa shape index (κ2) is 7.99. The van der Waals surface area contributed by atoms with Crippen molar-refractivity contribution in [3.05, 3.63) is 64.2 Å². The molecule has 4 rings (SSSR count). The second-order valence-corrected chi connectivity index (χ2v) is 7.70. The van der Waals surface area contributed by atoms with Crippen LogP contribution in [0.2, 0.25) is 0 Å². The predicted octanol–water partition coefficient (Wildman–Crippen LogP) is 5.21. The molecule has 6 heteroatoms. The van der Waals surface area contributed by atoms with Gasteiger partial charge >= 0.3 is 0 Å². The van der Waals surface area contributed by atoms with Gasteiger partial charge < -0.3 is 9.64 Å². The summed E-state index contributed by atoms with van der Waals surface area (Å²) < 4.78 is 18.8. The number of ether oxygens (including phenoxy) is 1. The molecule has 28 heavy (non-hydrogen) atoms. The van der Waals surface area contributed by atoms with Gasteiger partial charge in [-0.1, -0.05) is 12.1 Å². The van der Waals surface area contributed by atoms with Crippen molar-refractivity contribution in [3.8, 4) is 23.1 Å². The first-order valence-corrected chi connectivity index (χ1v) is 10.1. The lowest BCUT2D eigenvalue weighted by atomic mass is 9.96. The van der Waals surface area contributed by atoms with Crippen LogP contribution in [-0.4, -0.2) is 25.2 Å². The van der Waals surface area contributed by atoms with E-state index in [0.29, 0.717) is 11.5 Å². The van der Waals surface area contributed by atoms with Crippen LogP contribution >= 0.6 is 11.3 Å². The van der Waals surface area contributed by atoms with E-state index in [1.54, 1.807) is 24.5 Å². The van der Waals surface area contributed by atoms with E-state index in [4.69, 9.17) is 9.72 Å². The van der Waals surface area contributed by atoms with Gasteiger partial charge in [0.1, 0.15) is 17.6 Å². The van der Waals surface area contributed by atoms with Crippen molar-refractivity contribution in [2.75, 3.05) is 25.1 Å². The molecule has 1 aromatic heterocycles. The Bertz CT molecular complexity index is 1020. The van der Waals surface area contributed by atoms with Crippen LogP contribution in [0.15, 0.2) is 47.8 Å². The second-order valence-electron chi connectivity index (χ2n) is 6.81. The Morgan fingerprint density at radius 2 is 2.00 bits per heavy atom. The number of nitriles is 1. The molecule has 0 spiro atoms. The zero-order chi connectivity index (χ0) is 19.5. The van der Waals surface area contributed by atoms with Crippen LogP contribution in [0, 0.1) is 17.1 Å². The fourth-order valence-corrected chi connectivity index (χ4v) is 4.69. The van der Waals surface area contributed by atoms with E-state index in [0.717, 1.165) is 53.6 Å². The largest absolute Gasteiger partial charge is 0.496 e. The van der Waals surface area contributed by atoms with Gasteiger partial charge in [-0.15, -0.1) is 11.3 Å². The van der Waals surface area contributed by atoms with Crippen LogP contribution < -0.4 is 9.64 Å². The number of halogens is 1. The highest BCUT2D eigenvalue weighted by molar-refractivity contribution is 7.10. The lowest BCUT2D eigenvalue weighted by Crippen LogP contribution is -2.33. The van der Waals surface area contributed by atoms with Gasteiger partial charge in [0.25, 0.3) is 0 Å². The molecule has 0 unspecified atom stereocenters. The quantitative estimate of drug-likeness (QED) is 0.610. The SMILES string of the molecule is COc1ccccc1-c1csc(C2CCN(c3ccc(F)cc3C#N)CC2)n1. The highest BCUT2D eigenvalue weighted by Gasteiger charge is 2.25. The minimum absolute atomic E-state index is 0.373. The first-order chi connectivity index (χ1) is 13.7. The molecule has 0 N–H and O–H groups in total. The Labute approximate surface area is 167 Å². The number of piperidine rings is 1. The van der Waals surface area contributed by atoms with E-state index in [9.17, 15) is 9.65 Å². The zero-order valence-electron chi connectivity index (χ0n) is 15.6. The summed E-state index contributed by atoms with van der Waals surface area (Å²) in [6.07, 6.45) is 1.92.